The molecule has 174 valence electrons. The molecule has 0 aliphatic carbocycles. The minimum atomic E-state index is -0.209. The first kappa shape index (κ1) is 22.4. The number of carbonyl (C=O) groups excluding carboxylic acids is 2. The zero-order valence-electron chi connectivity index (χ0n) is 19.1. The summed E-state index contributed by atoms with van der Waals surface area (Å²) in [5.74, 6) is 0.780. The molecule has 3 N–H and O–H groups in total. The molecule has 0 saturated heterocycles. The molecule has 0 radical (unpaired) electrons. The van der Waals surface area contributed by atoms with Gasteiger partial charge in [0.2, 0.25) is 0 Å². The molecule has 8 heteroatoms. The number of ether oxygens (including phenoxy) is 1. The number of anilines is 2. The van der Waals surface area contributed by atoms with Crippen LogP contribution in [-0.2, 0) is 11.8 Å². The van der Waals surface area contributed by atoms with Crippen molar-refractivity contribution in [1.29, 1.82) is 0 Å². The van der Waals surface area contributed by atoms with Gasteiger partial charge >= 0.3 is 0 Å². The minimum absolute atomic E-state index is 0.209. The SMILES string of the molecule is COc1cc(NC(=O)c2cc3ccccc3n2C)ccc1-c1csc2c(/C=C/C=O)cnc(N)c12. The number of nitrogens with two attached hydrogens (primary N) is 1. The number of para-hydroxylation sites is 1. The highest BCUT2D eigenvalue weighted by atomic mass is 32.1. The minimum Gasteiger partial charge on any atom is -0.496 e. The summed E-state index contributed by atoms with van der Waals surface area (Å²) >= 11 is 1.52. The second-order valence-corrected chi connectivity index (χ2v) is 8.84. The fourth-order valence-electron chi connectivity index (χ4n) is 4.24. The van der Waals surface area contributed by atoms with Crippen LogP contribution in [0.25, 0.3) is 38.2 Å². The lowest BCUT2D eigenvalue weighted by Crippen LogP contribution is -2.15. The van der Waals surface area contributed by atoms with Crippen molar-refractivity contribution in [2.45, 2.75) is 0 Å². The van der Waals surface area contributed by atoms with Gasteiger partial charge in [-0.25, -0.2) is 4.98 Å². The normalized spacial score (nSPS) is 11.4. The van der Waals surface area contributed by atoms with Crippen molar-refractivity contribution in [2.75, 3.05) is 18.2 Å². The first-order valence-electron chi connectivity index (χ1n) is 10.8. The number of methoxy groups -OCH3 is 1. The average molecular weight is 483 g/mol. The molecular formula is C27H22N4O3S. The largest absolute Gasteiger partial charge is 0.496 e. The van der Waals surface area contributed by atoms with Crippen molar-refractivity contribution in [3.05, 3.63) is 77.4 Å². The molecule has 0 spiro atoms. The number of nitrogens with zero attached hydrogens (tertiary/aromatic N) is 2. The molecule has 1 amide bonds. The number of hydrogen-bond acceptors (Lipinski definition) is 6. The number of nitrogens with one attached hydrogen (secondary N) is 1. The van der Waals surface area contributed by atoms with Crippen molar-refractivity contribution >= 4 is 62.1 Å². The number of hydrogen-bond donors (Lipinski definition) is 2. The van der Waals surface area contributed by atoms with E-state index in [1.54, 1.807) is 25.4 Å². The summed E-state index contributed by atoms with van der Waals surface area (Å²) < 4.78 is 8.49. The zero-order chi connectivity index (χ0) is 24.5. The van der Waals surface area contributed by atoms with Crippen molar-refractivity contribution in [2.24, 2.45) is 7.05 Å². The van der Waals surface area contributed by atoms with Gasteiger partial charge in [0.25, 0.3) is 5.91 Å². The van der Waals surface area contributed by atoms with Crippen molar-refractivity contribution in [3.63, 3.8) is 0 Å². The molecule has 0 aliphatic rings. The van der Waals surface area contributed by atoms with Crippen LogP contribution in [0.2, 0.25) is 0 Å². The molecule has 0 aliphatic heterocycles. The number of rotatable bonds is 6. The predicted octanol–water partition coefficient (Wildman–Crippen LogP) is 5.51. The second kappa shape index (κ2) is 9.08. The van der Waals surface area contributed by atoms with Crippen LogP contribution in [0.4, 0.5) is 11.5 Å². The Morgan fingerprint density at radius 3 is 2.77 bits per heavy atom. The number of aryl methyl sites for hydroxylation is 1. The van der Waals surface area contributed by atoms with Crippen LogP contribution >= 0.6 is 11.3 Å². The van der Waals surface area contributed by atoms with Crippen molar-refractivity contribution in [1.82, 2.24) is 9.55 Å². The van der Waals surface area contributed by atoms with Gasteiger partial charge in [-0.05, 0) is 36.4 Å². The molecule has 7 nitrogen and oxygen atoms in total. The molecule has 35 heavy (non-hydrogen) atoms. The monoisotopic (exact) mass is 482 g/mol. The Balaban J connectivity index is 1.51. The molecule has 2 aromatic carbocycles. The van der Waals surface area contributed by atoms with E-state index in [9.17, 15) is 9.59 Å². The van der Waals surface area contributed by atoms with Gasteiger partial charge in [0, 0.05) is 68.1 Å². The topological polar surface area (TPSA) is 99.2 Å². The molecule has 0 saturated carbocycles. The predicted molar refractivity (Wildman–Crippen MR) is 142 cm³/mol. The molecule has 0 unspecified atom stereocenters. The van der Waals surface area contributed by atoms with E-state index in [0.717, 1.165) is 44.0 Å². The van der Waals surface area contributed by atoms with E-state index in [2.05, 4.69) is 10.3 Å². The molecule has 3 heterocycles. The number of carbonyl (C=O) groups is 2. The number of pyridine rings is 1. The Bertz CT molecular complexity index is 1630. The summed E-state index contributed by atoms with van der Waals surface area (Å²) in [4.78, 5) is 28.1. The van der Waals surface area contributed by atoms with Crippen LogP contribution < -0.4 is 15.8 Å². The Hall–Kier alpha value is -4.43. The number of aldehydes is 1. The number of amides is 1. The van der Waals surface area contributed by atoms with Gasteiger partial charge in [-0.2, -0.15) is 0 Å². The Labute approximate surface area is 205 Å². The Morgan fingerprint density at radius 2 is 2.00 bits per heavy atom. The van der Waals surface area contributed by atoms with E-state index in [0.29, 0.717) is 22.9 Å². The van der Waals surface area contributed by atoms with Crippen molar-refractivity contribution in [3.8, 4) is 16.9 Å². The molecule has 0 bridgehead atoms. The zero-order valence-corrected chi connectivity index (χ0v) is 19.9. The third kappa shape index (κ3) is 3.94. The lowest BCUT2D eigenvalue weighted by Gasteiger charge is -2.12. The lowest BCUT2D eigenvalue weighted by molar-refractivity contribution is -0.104. The van der Waals surface area contributed by atoms with E-state index >= 15 is 0 Å². The van der Waals surface area contributed by atoms with Crippen LogP contribution in [0, 0.1) is 0 Å². The van der Waals surface area contributed by atoms with Gasteiger partial charge in [0.15, 0.2) is 0 Å². The summed E-state index contributed by atoms with van der Waals surface area (Å²) in [6.07, 6.45) is 5.52. The van der Waals surface area contributed by atoms with Gasteiger partial charge in [-0.3, -0.25) is 9.59 Å². The first-order chi connectivity index (χ1) is 17.0. The number of allylic oxidation sites excluding steroid dienone is 1. The highest BCUT2D eigenvalue weighted by Gasteiger charge is 2.18. The van der Waals surface area contributed by atoms with E-state index in [4.69, 9.17) is 10.5 Å². The second-order valence-electron chi connectivity index (χ2n) is 7.96. The van der Waals surface area contributed by atoms with Crippen LogP contribution in [0.3, 0.4) is 0 Å². The maximum atomic E-state index is 13.0. The summed E-state index contributed by atoms with van der Waals surface area (Å²) in [5, 5.41) is 6.77. The van der Waals surface area contributed by atoms with E-state index in [1.807, 2.05) is 59.5 Å². The maximum Gasteiger partial charge on any atom is 0.272 e. The van der Waals surface area contributed by atoms with E-state index < -0.39 is 0 Å². The average Bonchev–Trinajstić information content (AvgIpc) is 3.46. The van der Waals surface area contributed by atoms with Crippen LogP contribution in [0.1, 0.15) is 16.1 Å². The fraction of sp³-hybridized carbons (Fsp3) is 0.0741. The first-order valence-corrected chi connectivity index (χ1v) is 11.7. The summed E-state index contributed by atoms with van der Waals surface area (Å²) in [5.41, 5.74) is 10.9. The van der Waals surface area contributed by atoms with Gasteiger partial charge in [-0.1, -0.05) is 18.2 Å². The Morgan fingerprint density at radius 1 is 1.17 bits per heavy atom. The maximum absolute atomic E-state index is 13.0. The highest BCUT2D eigenvalue weighted by molar-refractivity contribution is 7.18. The number of aromatic nitrogens is 2. The molecule has 5 aromatic rings. The summed E-state index contributed by atoms with van der Waals surface area (Å²) in [6.45, 7) is 0. The van der Waals surface area contributed by atoms with Gasteiger partial charge in [0.05, 0.1) is 7.11 Å². The fourth-order valence-corrected chi connectivity index (χ4v) is 5.31. The third-order valence-electron chi connectivity index (χ3n) is 5.94. The standard InChI is InChI=1S/C27H22N4O3S/c1-31-21-8-4-3-6-16(21)12-22(31)27(33)30-18-9-10-19(23(13-18)34-2)20-15-35-25-17(7-5-11-32)14-29-26(28)24(20)25/h3-15H,1-2H3,(H2,28,29)(H,30,33)/b7-5+. The molecule has 3 aromatic heterocycles. The van der Waals surface area contributed by atoms with Gasteiger partial charge in [0.1, 0.15) is 23.5 Å². The van der Waals surface area contributed by atoms with Gasteiger partial charge < -0.3 is 20.4 Å². The van der Waals surface area contributed by atoms with Crippen LogP contribution in [-0.4, -0.2) is 28.9 Å². The molecule has 0 atom stereocenters. The summed E-state index contributed by atoms with van der Waals surface area (Å²) in [6, 6.07) is 15.3. The highest BCUT2D eigenvalue weighted by Crippen LogP contribution is 2.43. The van der Waals surface area contributed by atoms with Crippen LogP contribution in [0.5, 0.6) is 5.75 Å². The molecule has 5 rings (SSSR count). The molecule has 0 fully saturated rings. The quantitative estimate of drug-likeness (QED) is 0.246. The van der Waals surface area contributed by atoms with Gasteiger partial charge in [-0.15, -0.1) is 11.3 Å². The van der Waals surface area contributed by atoms with Crippen molar-refractivity contribution < 1.29 is 14.3 Å². The smallest absolute Gasteiger partial charge is 0.272 e. The third-order valence-corrected chi connectivity index (χ3v) is 6.97. The Kier molecular flexibility index (Phi) is 5.80. The van der Waals surface area contributed by atoms with E-state index in [1.165, 1.54) is 17.4 Å². The number of nitrogen functional groups attached to an aromatic ring is 1. The number of fused-ring (bicyclic) bond motifs is 2. The number of benzene rings is 2. The number of thiophene rings is 1. The molecular weight excluding hydrogens is 460 g/mol. The van der Waals surface area contributed by atoms with E-state index in [-0.39, 0.29) is 5.91 Å². The lowest BCUT2D eigenvalue weighted by atomic mass is 10.0. The van der Waals surface area contributed by atoms with Crippen LogP contribution in [0.15, 0.2) is 66.2 Å². The summed E-state index contributed by atoms with van der Waals surface area (Å²) in [7, 11) is 3.46.